The molecule has 1 aromatic heterocycles. The molecule has 0 atom stereocenters. The predicted octanol–water partition coefficient (Wildman–Crippen LogP) is 4.08. The summed E-state index contributed by atoms with van der Waals surface area (Å²) in [6, 6.07) is 17.5. The first-order chi connectivity index (χ1) is 14.1. The fourth-order valence-corrected chi connectivity index (χ4v) is 3.42. The van der Waals surface area contributed by atoms with Crippen molar-refractivity contribution in [1.29, 1.82) is 0 Å². The Morgan fingerprint density at radius 1 is 1.07 bits per heavy atom. The van der Waals surface area contributed by atoms with Crippen molar-refractivity contribution in [2.24, 2.45) is 0 Å². The first kappa shape index (κ1) is 18.9. The van der Waals surface area contributed by atoms with Gasteiger partial charge in [0.15, 0.2) is 0 Å². The van der Waals surface area contributed by atoms with Crippen LogP contribution in [0.15, 0.2) is 60.9 Å². The van der Waals surface area contributed by atoms with Crippen LogP contribution in [0.2, 0.25) is 0 Å². The van der Waals surface area contributed by atoms with Gasteiger partial charge in [0.05, 0.1) is 6.10 Å². The van der Waals surface area contributed by atoms with Gasteiger partial charge in [0.1, 0.15) is 23.6 Å². The highest BCUT2D eigenvalue weighted by molar-refractivity contribution is 6.03. The lowest BCUT2D eigenvalue weighted by molar-refractivity contribution is 0.102. The van der Waals surface area contributed by atoms with Gasteiger partial charge in [-0.05, 0) is 55.7 Å². The van der Waals surface area contributed by atoms with Gasteiger partial charge in [-0.15, -0.1) is 0 Å². The van der Waals surface area contributed by atoms with Crippen molar-refractivity contribution in [3.63, 3.8) is 0 Å². The molecule has 0 saturated heterocycles. The number of hydrogen-bond acceptors (Lipinski definition) is 5. The normalized spacial score (nSPS) is 13.1. The summed E-state index contributed by atoms with van der Waals surface area (Å²) >= 11 is 0. The molecule has 29 heavy (non-hydrogen) atoms. The highest BCUT2D eigenvalue weighted by Gasteiger charge is 2.18. The zero-order valence-electron chi connectivity index (χ0n) is 16.6. The Balaban J connectivity index is 1.45. The van der Waals surface area contributed by atoms with Crippen molar-refractivity contribution < 1.29 is 9.53 Å². The third-order valence-corrected chi connectivity index (χ3v) is 4.82. The summed E-state index contributed by atoms with van der Waals surface area (Å²) in [5.74, 6) is 1.27. The molecular formula is C23H24N4O2. The molecule has 4 rings (SSSR count). The molecule has 0 bridgehead atoms. The molecule has 1 N–H and O–H groups in total. The fraction of sp³-hybridized carbons (Fsp3) is 0.261. The second-order valence-electron chi connectivity index (χ2n) is 7.35. The molecule has 0 fully saturated rings. The summed E-state index contributed by atoms with van der Waals surface area (Å²) in [4.78, 5) is 23.4. The van der Waals surface area contributed by atoms with Gasteiger partial charge in [0.25, 0.3) is 5.91 Å². The van der Waals surface area contributed by atoms with Crippen molar-refractivity contribution in [2.45, 2.75) is 32.9 Å². The smallest absolute Gasteiger partial charge is 0.274 e. The molecule has 2 aromatic carbocycles. The summed E-state index contributed by atoms with van der Waals surface area (Å²) in [5.41, 5.74) is 3.71. The highest BCUT2D eigenvalue weighted by Crippen LogP contribution is 2.23. The number of ether oxygens (including phenoxy) is 1. The lowest BCUT2D eigenvalue weighted by Crippen LogP contribution is -2.31. The van der Waals surface area contributed by atoms with E-state index in [1.807, 2.05) is 38.1 Å². The number of hydrogen-bond donors (Lipinski definition) is 1. The predicted molar refractivity (Wildman–Crippen MR) is 113 cm³/mol. The van der Waals surface area contributed by atoms with Crippen LogP contribution >= 0.6 is 0 Å². The first-order valence-electron chi connectivity index (χ1n) is 9.80. The Labute approximate surface area is 170 Å². The molecule has 1 aliphatic rings. The maximum absolute atomic E-state index is 12.7. The Morgan fingerprint density at radius 3 is 2.59 bits per heavy atom. The third-order valence-electron chi connectivity index (χ3n) is 4.82. The average Bonchev–Trinajstić information content (AvgIpc) is 2.74. The van der Waals surface area contributed by atoms with E-state index in [2.05, 4.69) is 44.5 Å². The average molecular weight is 388 g/mol. The van der Waals surface area contributed by atoms with Gasteiger partial charge < -0.3 is 15.0 Å². The number of amides is 1. The number of nitrogens with zero attached hydrogens (tertiary/aromatic N) is 3. The number of anilines is 2. The van der Waals surface area contributed by atoms with Crippen LogP contribution in [-0.4, -0.2) is 28.5 Å². The van der Waals surface area contributed by atoms with Gasteiger partial charge in [0.2, 0.25) is 0 Å². The maximum Gasteiger partial charge on any atom is 0.274 e. The number of aromatic nitrogens is 2. The third kappa shape index (κ3) is 4.54. The van der Waals surface area contributed by atoms with E-state index in [1.165, 1.54) is 17.5 Å². The molecule has 0 unspecified atom stereocenters. The van der Waals surface area contributed by atoms with E-state index >= 15 is 0 Å². The zero-order valence-corrected chi connectivity index (χ0v) is 16.6. The van der Waals surface area contributed by atoms with Crippen LogP contribution in [0.3, 0.4) is 0 Å². The molecular weight excluding hydrogens is 364 g/mol. The van der Waals surface area contributed by atoms with Crippen molar-refractivity contribution in [3.05, 3.63) is 77.7 Å². The van der Waals surface area contributed by atoms with Crippen LogP contribution in [-0.2, 0) is 13.0 Å². The van der Waals surface area contributed by atoms with Gasteiger partial charge in [-0.2, -0.15) is 0 Å². The van der Waals surface area contributed by atoms with Crippen molar-refractivity contribution in [3.8, 4) is 5.75 Å². The zero-order chi connectivity index (χ0) is 20.2. The number of fused-ring (bicyclic) bond motifs is 1. The Hall–Kier alpha value is -3.41. The summed E-state index contributed by atoms with van der Waals surface area (Å²) in [6.07, 6.45) is 2.52. The molecule has 0 aliphatic carbocycles. The van der Waals surface area contributed by atoms with Crippen LogP contribution in [0.5, 0.6) is 5.75 Å². The summed E-state index contributed by atoms with van der Waals surface area (Å²) < 4.78 is 5.63. The number of carbonyl (C=O) groups is 1. The van der Waals surface area contributed by atoms with E-state index in [4.69, 9.17) is 4.74 Å². The molecule has 0 radical (unpaired) electrons. The van der Waals surface area contributed by atoms with Crippen molar-refractivity contribution >= 4 is 17.4 Å². The lowest BCUT2D eigenvalue weighted by atomic mass is 10.00. The molecule has 0 saturated carbocycles. The number of benzene rings is 2. The van der Waals surface area contributed by atoms with E-state index in [0.29, 0.717) is 11.4 Å². The topological polar surface area (TPSA) is 67.3 Å². The van der Waals surface area contributed by atoms with E-state index in [9.17, 15) is 4.79 Å². The first-order valence-corrected chi connectivity index (χ1v) is 9.80. The molecule has 1 amide bonds. The highest BCUT2D eigenvalue weighted by atomic mass is 16.5. The van der Waals surface area contributed by atoms with Crippen LogP contribution in [0.25, 0.3) is 0 Å². The molecule has 148 valence electrons. The minimum absolute atomic E-state index is 0.108. The van der Waals surface area contributed by atoms with Gasteiger partial charge in [-0.25, -0.2) is 9.97 Å². The minimum Gasteiger partial charge on any atom is -0.491 e. The van der Waals surface area contributed by atoms with Gasteiger partial charge in [0, 0.05) is 24.8 Å². The molecule has 6 nitrogen and oxygen atoms in total. The van der Waals surface area contributed by atoms with E-state index in [-0.39, 0.29) is 12.0 Å². The van der Waals surface area contributed by atoms with Gasteiger partial charge in [-0.3, -0.25) is 4.79 Å². The fourth-order valence-electron chi connectivity index (χ4n) is 3.42. The number of carbonyl (C=O) groups excluding carboxylic acids is 1. The van der Waals surface area contributed by atoms with Gasteiger partial charge >= 0.3 is 0 Å². The standard InChI is InChI=1S/C23H24N4O2/c1-16(2)29-20-9-7-19(8-10-20)26-23(28)21-13-22(25-15-24-21)27-12-11-17-5-3-4-6-18(17)14-27/h3-10,13,15-16H,11-12,14H2,1-2H3,(H,26,28). The van der Waals surface area contributed by atoms with E-state index in [0.717, 1.165) is 31.1 Å². The minimum atomic E-state index is -0.261. The quantitative estimate of drug-likeness (QED) is 0.713. The maximum atomic E-state index is 12.7. The Bertz CT molecular complexity index is 1000. The largest absolute Gasteiger partial charge is 0.491 e. The van der Waals surface area contributed by atoms with Crippen molar-refractivity contribution in [1.82, 2.24) is 9.97 Å². The Kier molecular flexibility index (Phi) is 5.42. The summed E-state index contributed by atoms with van der Waals surface area (Å²) in [7, 11) is 0. The summed E-state index contributed by atoms with van der Waals surface area (Å²) in [5, 5.41) is 2.88. The number of rotatable bonds is 5. The molecule has 3 aromatic rings. The molecule has 1 aliphatic heterocycles. The van der Waals surface area contributed by atoms with Crippen LogP contribution in [0.1, 0.15) is 35.5 Å². The Morgan fingerprint density at radius 2 is 1.83 bits per heavy atom. The van der Waals surface area contributed by atoms with Gasteiger partial charge in [-0.1, -0.05) is 24.3 Å². The lowest BCUT2D eigenvalue weighted by Gasteiger charge is -2.29. The molecule has 0 spiro atoms. The van der Waals surface area contributed by atoms with Crippen LogP contribution in [0.4, 0.5) is 11.5 Å². The summed E-state index contributed by atoms with van der Waals surface area (Å²) in [6.45, 7) is 5.60. The number of nitrogens with one attached hydrogen (secondary N) is 1. The van der Waals surface area contributed by atoms with E-state index in [1.54, 1.807) is 6.07 Å². The second kappa shape index (κ2) is 8.31. The molecule has 6 heteroatoms. The second-order valence-corrected chi connectivity index (χ2v) is 7.35. The van der Waals surface area contributed by atoms with Crippen LogP contribution < -0.4 is 15.0 Å². The van der Waals surface area contributed by atoms with Crippen molar-refractivity contribution in [2.75, 3.05) is 16.8 Å². The van der Waals surface area contributed by atoms with E-state index < -0.39 is 0 Å². The van der Waals surface area contributed by atoms with Crippen LogP contribution in [0, 0.1) is 0 Å². The molecule has 2 heterocycles. The monoisotopic (exact) mass is 388 g/mol. The SMILES string of the molecule is CC(C)Oc1ccc(NC(=O)c2cc(N3CCc4ccccc4C3)ncn2)cc1.